The second kappa shape index (κ2) is 8.34. The smallest absolute Gasteiger partial charge is 0.405 e. The van der Waals surface area contributed by atoms with Gasteiger partial charge in [-0.1, -0.05) is 18.2 Å². The third-order valence-electron chi connectivity index (χ3n) is 4.14. The second-order valence-electron chi connectivity index (χ2n) is 6.18. The monoisotopic (exact) mass is 407 g/mol. The first-order valence-electron chi connectivity index (χ1n) is 8.64. The molecule has 0 aliphatic rings. The van der Waals surface area contributed by atoms with Crippen LogP contribution in [0.15, 0.2) is 48.5 Å². The number of fused-ring (bicyclic) bond motifs is 1. The third kappa shape index (κ3) is 5.34. The zero-order valence-electron chi connectivity index (χ0n) is 15.3. The van der Waals surface area contributed by atoms with E-state index in [2.05, 4.69) is 15.0 Å². The first kappa shape index (κ1) is 20.4. The number of ether oxygens (including phenoxy) is 1. The molecule has 0 aliphatic heterocycles. The number of rotatable bonds is 6. The summed E-state index contributed by atoms with van der Waals surface area (Å²) in [6.45, 7) is 0.253. The number of amides is 1. The van der Waals surface area contributed by atoms with Crippen molar-refractivity contribution in [2.75, 3.05) is 6.54 Å². The van der Waals surface area contributed by atoms with Crippen molar-refractivity contribution in [3.05, 3.63) is 65.7 Å². The lowest BCUT2D eigenvalue weighted by Crippen LogP contribution is -2.24. The molecular weight excluding hydrogens is 390 g/mol. The van der Waals surface area contributed by atoms with Crippen molar-refractivity contribution < 1.29 is 27.1 Å². The fourth-order valence-electron chi connectivity index (χ4n) is 2.80. The minimum atomic E-state index is -4.82. The summed E-state index contributed by atoms with van der Waals surface area (Å²) >= 11 is 0. The normalized spacial score (nSPS) is 11.9. The van der Waals surface area contributed by atoms with Gasteiger partial charge in [0.1, 0.15) is 17.4 Å². The third-order valence-corrected chi connectivity index (χ3v) is 4.14. The zero-order chi connectivity index (χ0) is 21.0. The van der Waals surface area contributed by atoms with Gasteiger partial charge in [-0.2, -0.15) is 0 Å². The van der Waals surface area contributed by atoms with Crippen molar-refractivity contribution in [1.82, 2.24) is 14.9 Å². The summed E-state index contributed by atoms with van der Waals surface area (Å²) < 4.78 is 56.3. The number of carbonyl (C=O) groups is 1. The van der Waals surface area contributed by atoms with Crippen LogP contribution in [0.3, 0.4) is 0 Å². The maximum absolute atomic E-state index is 13.3. The van der Waals surface area contributed by atoms with Crippen LogP contribution in [-0.2, 0) is 18.3 Å². The summed E-state index contributed by atoms with van der Waals surface area (Å²) in [4.78, 5) is 16.3. The number of hydrogen-bond acceptors (Lipinski definition) is 3. The highest BCUT2D eigenvalue weighted by Crippen LogP contribution is 2.27. The highest BCUT2D eigenvalue weighted by molar-refractivity contribution is 5.92. The van der Waals surface area contributed by atoms with E-state index in [-0.39, 0.29) is 17.9 Å². The van der Waals surface area contributed by atoms with Crippen LogP contribution in [-0.4, -0.2) is 28.4 Å². The first-order valence-corrected chi connectivity index (χ1v) is 8.64. The lowest BCUT2D eigenvalue weighted by Gasteiger charge is -2.10. The van der Waals surface area contributed by atoms with Gasteiger partial charge in [0.25, 0.3) is 0 Å². The number of halogens is 4. The zero-order valence-corrected chi connectivity index (χ0v) is 15.3. The van der Waals surface area contributed by atoms with Crippen molar-refractivity contribution in [3.8, 4) is 5.75 Å². The Morgan fingerprint density at radius 2 is 2.00 bits per heavy atom. The number of nitrogens with one attached hydrogen (secondary N) is 1. The minimum Gasteiger partial charge on any atom is -0.405 e. The quantitative estimate of drug-likeness (QED) is 0.497. The summed E-state index contributed by atoms with van der Waals surface area (Å²) in [5.74, 6) is -0.582. The Kier molecular flexibility index (Phi) is 5.86. The number of para-hydroxylation sites is 1. The predicted molar refractivity (Wildman–Crippen MR) is 99.5 cm³/mol. The number of imidazole rings is 1. The van der Waals surface area contributed by atoms with Crippen molar-refractivity contribution in [3.63, 3.8) is 0 Å². The second-order valence-corrected chi connectivity index (χ2v) is 6.18. The van der Waals surface area contributed by atoms with Crippen LogP contribution in [0.5, 0.6) is 5.75 Å². The molecule has 1 heterocycles. The fourth-order valence-corrected chi connectivity index (χ4v) is 2.80. The van der Waals surface area contributed by atoms with Crippen molar-refractivity contribution in [1.29, 1.82) is 0 Å². The van der Waals surface area contributed by atoms with Crippen molar-refractivity contribution >= 4 is 23.0 Å². The number of nitrogens with zero attached hydrogens (tertiary/aromatic N) is 2. The van der Waals surface area contributed by atoms with Crippen LogP contribution in [0.25, 0.3) is 17.1 Å². The summed E-state index contributed by atoms with van der Waals surface area (Å²) in [5, 5.41) is 2.64. The molecule has 9 heteroatoms. The molecule has 0 spiro atoms. The molecular formula is C20H17F4N3O2. The van der Waals surface area contributed by atoms with Crippen molar-refractivity contribution in [2.45, 2.75) is 12.8 Å². The van der Waals surface area contributed by atoms with E-state index in [4.69, 9.17) is 0 Å². The summed E-state index contributed by atoms with van der Waals surface area (Å²) in [5.41, 5.74) is 1.42. The Morgan fingerprint density at radius 3 is 2.76 bits per heavy atom. The molecule has 29 heavy (non-hydrogen) atoms. The standard InChI is InChI=1S/C20H17F4N3O2/c1-27-16-8-7-14(21)12-15(16)26-18(27)10-11-25-19(28)9-6-13-4-2-3-5-17(13)29-20(22,23)24/h2-9,12H,10-11H2,1H3,(H,25,28)/b9-6+. The van der Waals surface area contributed by atoms with Gasteiger partial charge in [0.2, 0.25) is 5.91 Å². The molecule has 0 saturated carbocycles. The highest BCUT2D eigenvalue weighted by Gasteiger charge is 2.31. The number of alkyl halides is 3. The summed E-state index contributed by atoms with van der Waals surface area (Å²) in [6, 6.07) is 9.82. The lowest BCUT2D eigenvalue weighted by atomic mass is 10.2. The molecule has 0 unspecified atom stereocenters. The molecule has 1 aromatic heterocycles. The highest BCUT2D eigenvalue weighted by atomic mass is 19.4. The van der Waals surface area contributed by atoms with Gasteiger partial charge in [-0.3, -0.25) is 4.79 Å². The number of aryl methyl sites for hydroxylation is 1. The number of aromatic nitrogens is 2. The molecule has 2 aromatic carbocycles. The molecule has 0 fully saturated rings. The van der Waals surface area contributed by atoms with Crippen LogP contribution >= 0.6 is 0 Å². The molecule has 1 N–H and O–H groups in total. The van der Waals surface area contributed by atoms with E-state index in [0.29, 0.717) is 17.8 Å². The van der Waals surface area contributed by atoms with E-state index in [1.54, 1.807) is 13.1 Å². The molecule has 0 radical (unpaired) electrons. The average Bonchev–Trinajstić information content (AvgIpc) is 2.95. The van der Waals surface area contributed by atoms with Crippen LogP contribution in [0.2, 0.25) is 0 Å². The van der Waals surface area contributed by atoms with E-state index in [1.807, 2.05) is 4.57 Å². The molecule has 0 bridgehead atoms. The van der Waals surface area contributed by atoms with Gasteiger partial charge in [-0.15, -0.1) is 13.2 Å². The van der Waals surface area contributed by atoms with Crippen LogP contribution < -0.4 is 10.1 Å². The molecule has 0 atom stereocenters. The fraction of sp³-hybridized carbons (Fsp3) is 0.200. The Morgan fingerprint density at radius 1 is 1.24 bits per heavy atom. The van der Waals surface area contributed by atoms with Gasteiger partial charge < -0.3 is 14.6 Å². The topological polar surface area (TPSA) is 56.2 Å². The number of hydrogen-bond donors (Lipinski definition) is 1. The van der Waals surface area contributed by atoms with Crippen LogP contribution in [0.4, 0.5) is 17.6 Å². The summed E-state index contributed by atoms with van der Waals surface area (Å²) in [6.07, 6.45) is -2.04. The SMILES string of the molecule is Cn1c(CCNC(=O)/C=C/c2ccccc2OC(F)(F)F)nc2cc(F)ccc21. The van der Waals surface area contributed by atoms with Gasteiger partial charge in [-0.25, -0.2) is 9.37 Å². The van der Waals surface area contributed by atoms with E-state index in [1.165, 1.54) is 42.5 Å². The predicted octanol–water partition coefficient (Wildman–Crippen LogP) is 3.98. The maximum Gasteiger partial charge on any atom is 0.573 e. The minimum absolute atomic E-state index is 0.123. The van der Waals surface area contributed by atoms with Gasteiger partial charge in [-0.05, 0) is 24.3 Å². The largest absolute Gasteiger partial charge is 0.573 e. The molecule has 0 aliphatic carbocycles. The van der Waals surface area contributed by atoms with Gasteiger partial charge >= 0.3 is 6.36 Å². The summed E-state index contributed by atoms with van der Waals surface area (Å²) in [7, 11) is 1.79. The van der Waals surface area contributed by atoms with Gasteiger partial charge in [0.15, 0.2) is 0 Å². The number of carbonyl (C=O) groups excluding carboxylic acids is 1. The number of benzene rings is 2. The Labute approximate surface area is 163 Å². The molecule has 3 aromatic rings. The molecule has 5 nitrogen and oxygen atoms in total. The van der Waals surface area contributed by atoms with Crippen LogP contribution in [0, 0.1) is 5.82 Å². The molecule has 1 amide bonds. The lowest BCUT2D eigenvalue weighted by molar-refractivity contribution is -0.274. The molecule has 152 valence electrons. The van der Waals surface area contributed by atoms with Gasteiger partial charge in [0.05, 0.1) is 11.0 Å². The Bertz CT molecular complexity index is 1060. The molecule has 3 rings (SSSR count). The molecule has 0 saturated heterocycles. The van der Waals surface area contributed by atoms with E-state index in [0.717, 1.165) is 11.6 Å². The Balaban J connectivity index is 1.59. The van der Waals surface area contributed by atoms with Crippen molar-refractivity contribution in [2.24, 2.45) is 7.05 Å². The van der Waals surface area contributed by atoms with Gasteiger partial charge in [0, 0.05) is 37.7 Å². The Hall–Kier alpha value is -3.36. The van der Waals surface area contributed by atoms with Crippen LogP contribution in [0.1, 0.15) is 11.4 Å². The maximum atomic E-state index is 13.3. The van der Waals surface area contributed by atoms with E-state index >= 15 is 0 Å². The van der Waals surface area contributed by atoms with E-state index < -0.39 is 18.0 Å². The average molecular weight is 407 g/mol. The van der Waals surface area contributed by atoms with E-state index in [9.17, 15) is 22.4 Å². The first-order chi connectivity index (χ1) is 13.7.